The SMILES string of the molecule is CN(C)c1ccc(-c2n[nH]c3c2CNC3)cc1. The van der Waals surface area contributed by atoms with E-state index in [0.717, 1.165) is 18.8 Å². The molecule has 0 amide bonds. The Morgan fingerprint density at radius 3 is 2.59 bits per heavy atom. The summed E-state index contributed by atoms with van der Waals surface area (Å²) in [4.78, 5) is 2.10. The van der Waals surface area contributed by atoms with Crippen molar-refractivity contribution in [2.75, 3.05) is 19.0 Å². The van der Waals surface area contributed by atoms with Crippen molar-refractivity contribution in [1.82, 2.24) is 15.5 Å². The van der Waals surface area contributed by atoms with Crippen molar-refractivity contribution in [3.63, 3.8) is 0 Å². The van der Waals surface area contributed by atoms with E-state index in [9.17, 15) is 0 Å². The Morgan fingerprint density at radius 2 is 1.88 bits per heavy atom. The van der Waals surface area contributed by atoms with Crippen LogP contribution in [0.5, 0.6) is 0 Å². The fourth-order valence-corrected chi connectivity index (χ4v) is 2.21. The van der Waals surface area contributed by atoms with Gasteiger partial charge in [0.05, 0.1) is 11.4 Å². The van der Waals surface area contributed by atoms with Crippen molar-refractivity contribution in [1.29, 1.82) is 0 Å². The van der Waals surface area contributed by atoms with Crippen LogP contribution in [0.3, 0.4) is 0 Å². The zero-order chi connectivity index (χ0) is 11.8. The third-order valence-electron chi connectivity index (χ3n) is 3.21. The van der Waals surface area contributed by atoms with Crippen molar-refractivity contribution in [3.05, 3.63) is 35.5 Å². The predicted molar refractivity (Wildman–Crippen MR) is 68.9 cm³/mol. The van der Waals surface area contributed by atoms with Crippen LogP contribution in [0.2, 0.25) is 0 Å². The number of fused-ring (bicyclic) bond motifs is 1. The van der Waals surface area contributed by atoms with E-state index >= 15 is 0 Å². The maximum atomic E-state index is 4.40. The molecule has 4 nitrogen and oxygen atoms in total. The number of rotatable bonds is 2. The minimum Gasteiger partial charge on any atom is -0.378 e. The van der Waals surface area contributed by atoms with Crippen LogP contribution in [0.4, 0.5) is 5.69 Å². The lowest BCUT2D eigenvalue weighted by molar-refractivity contribution is 0.743. The highest BCUT2D eigenvalue weighted by molar-refractivity contribution is 5.67. The average Bonchev–Trinajstić information content (AvgIpc) is 2.90. The Kier molecular flexibility index (Phi) is 2.37. The van der Waals surface area contributed by atoms with E-state index in [2.05, 4.69) is 44.7 Å². The Balaban J connectivity index is 1.98. The van der Waals surface area contributed by atoms with Crippen LogP contribution in [0.1, 0.15) is 11.3 Å². The smallest absolute Gasteiger partial charge is 0.0969 e. The van der Waals surface area contributed by atoms with Gasteiger partial charge in [0.1, 0.15) is 0 Å². The predicted octanol–water partition coefficient (Wildman–Crippen LogP) is 1.75. The van der Waals surface area contributed by atoms with E-state index in [1.807, 2.05) is 14.1 Å². The average molecular weight is 228 g/mol. The Hall–Kier alpha value is -1.81. The van der Waals surface area contributed by atoms with Gasteiger partial charge < -0.3 is 10.2 Å². The van der Waals surface area contributed by atoms with Gasteiger partial charge in [-0.15, -0.1) is 0 Å². The van der Waals surface area contributed by atoms with E-state index in [4.69, 9.17) is 0 Å². The summed E-state index contributed by atoms with van der Waals surface area (Å²) >= 11 is 0. The molecule has 1 aliphatic heterocycles. The molecule has 2 aromatic rings. The first-order valence-electron chi connectivity index (χ1n) is 5.80. The molecule has 1 aromatic heterocycles. The molecule has 0 aliphatic carbocycles. The molecule has 0 spiro atoms. The topological polar surface area (TPSA) is 44.0 Å². The summed E-state index contributed by atoms with van der Waals surface area (Å²) < 4.78 is 0. The molecule has 0 bridgehead atoms. The summed E-state index contributed by atoms with van der Waals surface area (Å²) in [5.74, 6) is 0. The fourth-order valence-electron chi connectivity index (χ4n) is 2.21. The van der Waals surface area contributed by atoms with Gasteiger partial charge >= 0.3 is 0 Å². The molecule has 2 heterocycles. The highest BCUT2D eigenvalue weighted by Crippen LogP contribution is 2.27. The van der Waals surface area contributed by atoms with Gasteiger partial charge in [0.25, 0.3) is 0 Å². The van der Waals surface area contributed by atoms with Crippen LogP contribution in [0, 0.1) is 0 Å². The summed E-state index contributed by atoms with van der Waals surface area (Å²) in [6.07, 6.45) is 0. The number of nitrogens with one attached hydrogen (secondary N) is 2. The van der Waals surface area contributed by atoms with Gasteiger partial charge in [-0.05, 0) is 12.1 Å². The van der Waals surface area contributed by atoms with Crippen molar-refractivity contribution in [3.8, 4) is 11.3 Å². The highest BCUT2D eigenvalue weighted by atomic mass is 15.2. The van der Waals surface area contributed by atoms with Crippen LogP contribution in [-0.4, -0.2) is 24.3 Å². The van der Waals surface area contributed by atoms with Gasteiger partial charge in [-0.1, -0.05) is 12.1 Å². The summed E-state index contributed by atoms with van der Waals surface area (Å²) in [6.45, 7) is 1.81. The molecule has 17 heavy (non-hydrogen) atoms. The molecule has 0 fully saturated rings. The lowest BCUT2D eigenvalue weighted by Gasteiger charge is -2.12. The third-order valence-corrected chi connectivity index (χ3v) is 3.21. The van der Waals surface area contributed by atoms with Crippen molar-refractivity contribution in [2.45, 2.75) is 13.1 Å². The third kappa shape index (κ3) is 1.70. The summed E-state index contributed by atoms with van der Waals surface area (Å²) in [5, 5.41) is 10.8. The van der Waals surface area contributed by atoms with Gasteiger partial charge in [0.2, 0.25) is 0 Å². The first kappa shape index (κ1) is 10.4. The Morgan fingerprint density at radius 1 is 1.12 bits per heavy atom. The molecule has 0 unspecified atom stereocenters. The van der Waals surface area contributed by atoms with E-state index in [-0.39, 0.29) is 0 Å². The lowest BCUT2D eigenvalue weighted by Crippen LogP contribution is -2.08. The minimum absolute atomic E-state index is 0.901. The molecule has 1 aliphatic rings. The lowest BCUT2D eigenvalue weighted by atomic mass is 10.1. The molecule has 0 saturated carbocycles. The molecule has 1 aromatic carbocycles. The molecule has 0 saturated heterocycles. The number of aromatic amines is 1. The molecule has 4 heteroatoms. The molecular weight excluding hydrogens is 212 g/mol. The number of hydrogen-bond acceptors (Lipinski definition) is 3. The first-order valence-corrected chi connectivity index (χ1v) is 5.80. The minimum atomic E-state index is 0.901. The number of nitrogens with zero attached hydrogens (tertiary/aromatic N) is 2. The zero-order valence-corrected chi connectivity index (χ0v) is 10.1. The summed E-state index contributed by atoms with van der Waals surface area (Å²) in [5.41, 5.74) is 5.99. The second-order valence-corrected chi connectivity index (χ2v) is 4.57. The van der Waals surface area contributed by atoms with Crippen molar-refractivity contribution in [2.24, 2.45) is 0 Å². The van der Waals surface area contributed by atoms with E-state index < -0.39 is 0 Å². The van der Waals surface area contributed by atoms with Crippen molar-refractivity contribution >= 4 is 5.69 Å². The van der Waals surface area contributed by atoms with E-state index in [1.54, 1.807) is 0 Å². The quantitative estimate of drug-likeness (QED) is 0.823. The number of anilines is 1. The van der Waals surface area contributed by atoms with Crippen LogP contribution in [-0.2, 0) is 13.1 Å². The molecule has 0 atom stereocenters. The van der Waals surface area contributed by atoms with Crippen LogP contribution < -0.4 is 10.2 Å². The van der Waals surface area contributed by atoms with Crippen LogP contribution >= 0.6 is 0 Å². The Bertz CT molecular complexity index is 525. The van der Waals surface area contributed by atoms with Gasteiger partial charge in [0, 0.05) is 44.0 Å². The van der Waals surface area contributed by atoms with Crippen molar-refractivity contribution < 1.29 is 0 Å². The molecule has 0 radical (unpaired) electrons. The fraction of sp³-hybridized carbons (Fsp3) is 0.308. The normalized spacial score (nSPS) is 13.8. The van der Waals surface area contributed by atoms with Gasteiger partial charge in [0.15, 0.2) is 0 Å². The van der Waals surface area contributed by atoms with Gasteiger partial charge in [-0.2, -0.15) is 5.10 Å². The zero-order valence-electron chi connectivity index (χ0n) is 10.1. The molecular formula is C13H16N4. The van der Waals surface area contributed by atoms with Crippen LogP contribution in [0.25, 0.3) is 11.3 Å². The van der Waals surface area contributed by atoms with Gasteiger partial charge in [-0.25, -0.2) is 0 Å². The number of hydrogen-bond donors (Lipinski definition) is 2. The van der Waals surface area contributed by atoms with E-state index in [0.29, 0.717) is 0 Å². The second-order valence-electron chi connectivity index (χ2n) is 4.57. The first-order chi connectivity index (χ1) is 8.25. The van der Waals surface area contributed by atoms with E-state index in [1.165, 1.54) is 22.5 Å². The molecule has 88 valence electrons. The number of aromatic nitrogens is 2. The summed E-state index contributed by atoms with van der Waals surface area (Å²) in [7, 11) is 4.09. The number of H-pyrrole nitrogens is 1. The van der Waals surface area contributed by atoms with Crippen LogP contribution in [0.15, 0.2) is 24.3 Å². The largest absolute Gasteiger partial charge is 0.378 e. The maximum absolute atomic E-state index is 4.40. The number of benzene rings is 1. The maximum Gasteiger partial charge on any atom is 0.0969 e. The Labute approximate surface area is 101 Å². The molecule has 2 N–H and O–H groups in total. The standard InChI is InChI=1S/C13H16N4/c1-17(2)10-5-3-9(4-6-10)13-11-7-14-8-12(11)15-16-13/h3-6,14H,7-8H2,1-2H3,(H,15,16). The van der Waals surface area contributed by atoms with Gasteiger partial charge in [-0.3, -0.25) is 5.10 Å². The highest BCUT2D eigenvalue weighted by Gasteiger charge is 2.18. The monoisotopic (exact) mass is 228 g/mol. The summed E-state index contributed by atoms with van der Waals surface area (Å²) in [6, 6.07) is 8.51. The molecule has 3 rings (SSSR count). The second kappa shape index (κ2) is 3.89.